The Morgan fingerprint density at radius 3 is 2.64 bits per heavy atom. The number of anilines is 1. The van der Waals surface area contributed by atoms with E-state index >= 15 is 0 Å². The summed E-state index contributed by atoms with van der Waals surface area (Å²) in [5.74, 6) is -1.07. The number of aryl methyl sites for hydroxylation is 2. The molecular formula is C19H17ClN2O3. The number of carbonyl (C=O) groups excluding carboxylic acids is 1. The van der Waals surface area contributed by atoms with Crippen LogP contribution in [0, 0.1) is 0 Å². The van der Waals surface area contributed by atoms with E-state index in [1.165, 1.54) is 11.6 Å². The van der Waals surface area contributed by atoms with Gasteiger partial charge >= 0.3 is 0 Å². The third kappa shape index (κ3) is 2.87. The lowest BCUT2D eigenvalue weighted by Crippen LogP contribution is -2.28. The number of nitrogens with one attached hydrogen (secondary N) is 1. The average Bonchev–Trinajstić information content (AvgIpc) is 2.60. The van der Waals surface area contributed by atoms with Crippen LogP contribution in [-0.4, -0.2) is 15.6 Å². The number of fused-ring (bicyclic) bond motifs is 1. The van der Waals surface area contributed by atoms with Crippen LogP contribution < -0.4 is 10.9 Å². The zero-order valence-corrected chi connectivity index (χ0v) is 14.6. The van der Waals surface area contributed by atoms with E-state index in [0.717, 1.165) is 12.0 Å². The second kappa shape index (κ2) is 6.61. The lowest BCUT2D eigenvalue weighted by Gasteiger charge is -2.14. The van der Waals surface area contributed by atoms with Gasteiger partial charge in [-0.15, -0.1) is 0 Å². The van der Waals surface area contributed by atoms with Crippen LogP contribution in [0.1, 0.15) is 22.8 Å². The standard InChI is InChI=1S/C19H17ClN2O3/c1-3-11-7-4-5-9-13(11)21-18(24)16-17(23)15-12(20)8-6-10-14(15)22(2)19(16)25/h4-10,23H,3H2,1-2H3,(H,21,24). The van der Waals surface area contributed by atoms with Gasteiger partial charge in [-0.25, -0.2) is 0 Å². The Bertz CT molecular complexity index is 1040. The van der Waals surface area contributed by atoms with E-state index in [0.29, 0.717) is 11.2 Å². The first kappa shape index (κ1) is 17.0. The van der Waals surface area contributed by atoms with Crippen molar-refractivity contribution in [3.8, 4) is 5.75 Å². The molecule has 3 rings (SSSR count). The summed E-state index contributed by atoms with van der Waals surface area (Å²) in [6.07, 6.45) is 0.726. The highest BCUT2D eigenvalue weighted by Crippen LogP contribution is 2.32. The second-order valence-corrected chi connectivity index (χ2v) is 6.09. The van der Waals surface area contributed by atoms with Gasteiger partial charge in [0.05, 0.1) is 15.9 Å². The lowest BCUT2D eigenvalue weighted by atomic mass is 10.1. The minimum Gasteiger partial charge on any atom is -0.506 e. The van der Waals surface area contributed by atoms with Gasteiger partial charge in [0, 0.05) is 12.7 Å². The summed E-state index contributed by atoms with van der Waals surface area (Å²) in [5, 5.41) is 13.8. The molecule has 0 aliphatic carbocycles. The predicted molar refractivity (Wildman–Crippen MR) is 99.6 cm³/mol. The molecule has 25 heavy (non-hydrogen) atoms. The molecule has 0 saturated heterocycles. The molecule has 0 aliphatic rings. The first-order valence-electron chi connectivity index (χ1n) is 7.85. The third-order valence-corrected chi connectivity index (χ3v) is 4.53. The van der Waals surface area contributed by atoms with Gasteiger partial charge in [-0.05, 0) is 30.2 Å². The molecule has 0 unspecified atom stereocenters. The molecule has 0 bridgehead atoms. The zero-order valence-electron chi connectivity index (χ0n) is 13.8. The molecule has 6 heteroatoms. The van der Waals surface area contributed by atoms with Crippen LogP contribution in [0.2, 0.25) is 5.02 Å². The van der Waals surface area contributed by atoms with Crippen molar-refractivity contribution in [3.05, 3.63) is 69.0 Å². The lowest BCUT2D eigenvalue weighted by molar-refractivity contribution is 0.102. The Balaban J connectivity index is 2.17. The number of rotatable bonds is 3. The van der Waals surface area contributed by atoms with Crippen molar-refractivity contribution in [2.75, 3.05) is 5.32 Å². The molecule has 2 N–H and O–H groups in total. The quantitative estimate of drug-likeness (QED) is 0.751. The van der Waals surface area contributed by atoms with Crippen molar-refractivity contribution in [3.63, 3.8) is 0 Å². The number of pyridine rings is 1. The first-order valence-corrected chi connectivity index (χ1v) is 8.23. The fraction of sp³-hybridized carbons (Fsp3) is 0.158. The van der Waals surface area contributed by atoms with Crippen LogP contribution in [0.25, 0.3) is 10.9 Å². The monoisotopic (exact) mass is 356 g/mol. The van der Waals surface area contributed by atoms with Gasteiger partial charge in [-0.3, -0.25) is 9.59 Å². The normalized spacial score (nSPS) is 10.8. The predicted octanol–water partition coefficient (Wildman–Crippen LogP) is 3.71. The number of para-hydroxylation sites is 1. The smallest absolute Gasteiger partial charge is 0.267 e. The topological polar surface area (TPSA) is 71.3 Å². The highest BCUT2D eigenvalue weighted by atomic mass is 35.5. The van der Waals surface area contributed by atoms with Gasteiger partial charge < -0.3 is 15.0 Å². The second-order valence-electron chi connectivity index (χ2n) is 5.69. The molecule has 2 aromatic carbocycles. The number of halogens is 1. The molecule has 0 atom stereocenters. The van der Waals surface area contributed by atoms with E-state index in [4.69, 9.17) is 11.6 Å². The van der Waals surface area contributed by atoms with Crippen molar-refractivity contribution in [2.24, 2.45) is 7.05 Å². The number of carbonyl (C=O) groups is 1. The van der Waals surface area contributed by atoms with Gasteiger partial charge in [-0.1, -0.05) is 42.8 Å². The molecule has 5 nitrogen and oxygen atoms in total. The van der Waals surface area contributed by atoms with Crippen molar-refractivity contribution < 1.29 is 9.90 Å². The van der Waals surface area contributed by atoms with Crippen LogP contribution >= 0.6 is 11.6 Å². The summed E-state index contributed by atoms with van der Waals surface area (Å²) in [6.45, 7) is 1.97. The average molecular weight is 357 g/mol. The molecule has 1 aromatic heterocycles. The van der Waals surface area contributed by atoms with Gasteiger partial charge in [0.1, 0.15) is 11.3 Å². The Morgan fingerprint density at radius 2 is 1.92 bits per heavy atom. The minimum absolute atomic E-state index is 0.272. The summed E-state index contributed by atoms with van der Waals surface area (Å²) in [6, 6.07) is 12.3. The van der Waals surface area contributed by atoms with Crippen LogP contribution in [0.3, 0.4) is 0 Å². The Kier molecular flexibility index (Phi) is 4.51. The fourth-order valence-corrected chi connectivity index (χ4v) is 3.13. The SMILES string of the molecule is CCc1ccccc1NC(=O)c1c(O)c2c(Cl)cccc2n(C)c1=O. The maximum atomic E-state index is 12.7. The Labute approximate surface area is 149 Å². The summed E-state index contributed by atoms with van der Waals surface area (Å²) >= 11 is 6.16. The first-order chi connectivity index (χ1) is 12.0. The molecule has 128 valence electrons. The van der Waals surface area contributed by atoms with Gasteiger partial charge in [0.15, 0.2) is 0 Å². The summed E-state index contributed by atoms with van der Waals surface area (Å²) < 4.78 is 1.31. The summed E-state index contributed by atoms with van der Waals surface area (Å²) in [7, 11) is 1.54. The van der Waals surface area contributed by atoms with E-state index in [9.17, 15) is 14.7 Å². The molecule has 3 aromatic rings. The number of aromatic hydroxyl groups is 1. The van der Waals surface area contributed by atoms with Crippen molar-refractivity contribution in [1.82, 2.24) is 4.57 Å². The van der Waals surface area contributed by atoms with Gasteiger partial charge in [-0.2, -0.15) is 0 Å². The zero-order chi connectivity index (χ0) is 18.1. The number of nitrogens with zero attached hydrogens (tertiary/aromatic N) is 1. The molecule has 0 spiro atoms. The van der Waals surface area contributed by atoms with Crippen LogP contribution in [-0.2, 0) is 13.5 Å². The highest BCUT2D eigenvalue weighted by Gasteiger charge is 2.23. The van der Waals surface area contributed by atoms with Crippen LogP contribution in [0.5, 0.6) is 5.75 Å². The molecule has 0 radical (unpaired) electrons. The maximum Gasteiger partial charge on any atom is 0.267 e. The van der Waals surface area contributed by atoms with Crippen LogP contribution in [0.4, 0.5) is 5.69 Å². The van der Waals surface area contributed by atoms with E-state index in [1.807, 2.05) is 19.1 Å². The molecule has 0 saturated carbocycles. The molecule has 1 heterocycles. The number of hydrogen-bond donors (Lipinski definition) is 2. The van der Waals surface area contributed by atoms with Gasteiger partial charge in [0.25, 0.3) is 11.5 Å². The summed E-state index contributed by atoms with van der Waals surface area (Å²) in [4.78, 5) is 25.3. The van der Waals surface area contributed by atoms with Crippen molar-refractivity contribution in [2.45, 2.75) is 13.3 Å². The molecule has 0 fully saturated rings. The van der Waals surface area contributed by atoms with Crippen LogP contribution in [0.15, 0.2) is 47.3 Å². The van der Waals surface area contributed by atoms with E-state index < -0.39 is 17.2 Å². The highest BCUT2D eigenvalue weighted by molar-refractivity contribution is 6.36. The molecule has 1 amide bonds. The number of hydrogen-bond acceptors (Lipinski definition) is 3. The van der Waals surface area contributed by atoms with Crippen molar-refractivity contribution in [1.29, 1.82) is 0 Å². The third-order valence-electron chi connectivity index (χ3n) is 4.22. The largest absolute Gasteiger partial charge is 0.506 e. The fourth-order valence-electron chi connectivity index (χ4n) is 2.87. The molecular weight excluding hydrogens is 340 g/mol. The van der Waals surface area contributed by atoms with E-state index in [2.05, 4.69) is 5.32 Å². The molecule has 0 aliphatic heterocycles. The van der Waals surface area contributed by atoms with Gasteiger partial charge in [0.2, 0.25) is 0 Å². The number of amides is 1. The maximum absolute atomic E-state index is 12.7. The number of aromatic nitrogens is 1. The van der Waals surface area contributed by atoms with Crippen molar-refractivity contribution >= 4 is 34.1 Å². The Morgan fingerprint density at radius 1 is 1.20 bits per heavy atom. The minimum atomic E-state index is -0.666. The van der Waals surface area contributed by atoms with E-state index in [-0.39, 0.29) is 16.0 Å². The van der Waals surface area contributed by atoms with E-state index in [1.54, 1.807) is 30.3 Å². The summed E-state index contributed by atoms with van der Waals surface area (Å²) in [5.41, 5.74) is 1.09. The number of benzene rings is 2. The Hall–Kier alpha value is -2.79.